The van der Waals surface area contributed by atoms with Crippen LogP contribution in [0.15, 0.2) is 36.7 Å². The second-order valence-corrected chi connectivity index (χ2v) is 6.41. The molecule has 2 aromatic rings. The molecule has 4 nitrogen and oxygen atoms in total. The van der Waals surface area contributed by atoms with Crippen molar-refractivity contribution in [3.63, 3.8) is 0 Å². The molecule has 1 unspecified atom stereocenters. The number of aryl methyl sites for hydroxylation is 2. The maximum atomic E-state index is 12.4. The Hall–Kier alpha value is -2.10. The number of carbonyl (C=O) groups excluding carboxylic acids is 1. The summed E-state index contributed by atoms with van der Waals surface area (Å²) in [6.07, 6.45) is 3.65. The van der Waals surface area contributed by atoms with Crippen LogP contribution in [0, 0.1) is 12.3 Å². The predicted molar refractivity (Wildman–Crippen MR) is 83.8 cm³/mol. The third-order valence-corrected chi connectivity index (χ3v) is 3.57. The van der Waals surface area contributed by atoms with Crippen LogP contribution in [0.4, 0.5) is 0 Å². The minimum atomic E-state index is -0.438. The Morgan fingerprint density at radius 2 is 1.95 bits per heavy atom. The highest BCUT2D eigenvalue weighted by atomic mass is 16.2. The molecule has 1 aromatic heterocycles. The smallest absolute Gasteiger partial charge is 0.226 e. The standard InChI is InChI=1S/C17H23N3O/c1-12-8-6-7-9-13(12)14(15-18-10-11-20(15)5)19-16(21)17(2,3)4/h6-11,14H,1-5H3,(H,19,21). The average Bonchev–Trinajstić information content (AvgIpc) is 2.82. The molecule has 0 aliphatic carbocycles. The van der Waals surface area contributed by atoms with Crippen molar-refractivity contribution in [2.24, 2.45) is 12.5 Å². The number of hydrogen-bond donors (Lipinski definition) is 1. The molecular weight excluding hydrogens is 262 g/mol. The molecule has 1 atom stereocenters. The predicted octanol–water partition coefficient (Wildman–Crippen LogP) is 2.98. The molecule has 0 fully saturated rings. The molecule has 0 spiro atoms. The topological polar surface area (TPSA) is 46.9 Å². The Labute approximate surface area is 126 Å². The van der Waals surface area contributed by atoms with Crippen LogP contribution in [0.1, 0.15) is 43.8 Å². The van der Waals surface area contributed by atoms with Gasteiger partial charge in [0.1, 0.15) is 11.9 Å². The first-order valence-electron chi connectivity index (χ1n) is 7.14. The van der Waals surface area contributed by atoms with Crippen molar-refractivity contribution in [3.05, 3.63) is 53.6 Å². The van der Waals surface area contributed by atoms with Gasteiger partial charge in [-0.3, -0.25) is 4.79 Å². The summed E-state index contributed by atoms with van der Waals surface area (Å²) >= 11 is 0. The summed E-state index contributed by atoms with van der Waals surface area (Å²) < 4.78 is 1.94. The Morgan fingerprint density at radius 3 is 2.48 bits per heavy atom. The van der Waals surface area contributed by atoms with Crippen LogP contribution in [0.2, 0.25) is 0 Å². The van der Waals surface area contributed by atoms with Crippen LogP contribution in [-0.4, -0.2) is 15.5 Å². The molecule has 112 valence electrons. The van der Waals surface area contributed by atoms with Crippen LogP contribution in [-0.2, 0) is 11.8 Å². The van der Waals surface area contributed by atoms with Gasteiger partial charge in [0.15, 0.2) is 0 Å². The zero-order chi connectivity index (χ0) is 15.6. The quantitative estimate of drug-likeness (QED) is 0.942. The fourth-order valence-corrected chi connectivity index (χ4v) is 2.19. The number of imidazole rings is 1. The van der Waals surface area contributed by atoms with Gasteiger partial charge < -0.3 is 9.88 Å². The van der Waals surface area contributed by atoms with Crippen LogP contribution in [0.3, 0.4) is 0 Å². The SMILES string of the molecule is Cc1ccccc1C(NC(=O)C(C)(C)C)c1nccn1C. The van der Waals surface area contributed by atoms with Crippen LogP contribution < -0.4 is 5.32 Å². The number of benzene rings is 1. The first kappa shape index (κ1) is 15.3. The van der Waals surface area contributed by atoms with Gasteiger partial charge in [0.25, 0.3) is 0 Å². The number of carbonyl (C=O) groups is 1. The van der Waals surface area contributed by atoms with Gasteiger partial charge in [-0.05, 0) is 18.1 Å². The minimum absolute atomic E-state index is 0.0127. The molecule has 4 heteroatoms. The van der Waals surface area contributed by atoms with E-state index in [1.165, 1.54) is 0 Å². The van der Waals surface area contributed by atoms with Crippen molar-refractivity contribution in [1.29, 1.82) is 0 Å². The maximum absolute atomic E-state index is 12.4. The summed E-state index contributed by atoms with van der Waals surface area (Å²) in [5, 5.41) is 3.14. The van der Waals surface area contributed by atoms with Gasteiger partial charge in [-0.25, -0.2) is 4.98 Å². The second kappa shape index (κ2) is 5.72. The molecule has 1 aromatic carbocycles. The summed E-state index contributed by atoms with van der Waals surface area (Å²) in [5.41, 5.74) is 1.77. The molecule has 2 rings (SSSR count). The fraction of sp³-hybridized carbons (Fsp3) is 0.412. The number of nitrogens with one attached hydrogen (secondary N) is 1. The van der Waals surface area contributed by atoms with E-state index in [2.05, 4.69) is 23.3 Å². The zero-order valence-corrected chi connectivity index (χ0v) is 13.3. The lowest BCUT2D eigenvalue weighted by Crippen LogP contribution is -2.39. The molecule has 0 saturated carbocycles. The highest BCUT2D eigenvalue weighted by Crippen LogP contribution is 2.25. The molecule has 1 N–H and O–H groups in total. The summed E-state index contributed by atoms with van der Waals surface area (Å²) in [7, 11) is 1.94. The fourth-order valence-electron chi connectivity index (χ4n) is 2.19. The van der Waals surface area contributed by atoms with E-state index in [-0.39, 0.29) is 11.9 Å². The van der Waals surface area contributed by atoms with E-state index in [0.717, 1.165) is 17.0 Å². The largest absolute Gasteiger partial charge is 0.342 e. The first-order chi connectivity index (χ1) is 9.80. The number of hydrogen-bond acceptors (Lipinski definition) is 2. The van der Waals surface area contributed by atoms with Crippen molar-refractivity contribution in [3.8, 4) is 0 Å². The van der Waals surface area contributed by atoms with E-state index >= 15 is 0 Å². The second-order valence-electron chi connectivity index (χ2n) is 6.41. The number of nitrogens with zero attached hydrogens (tertiary/aromatic N) is 2. The Kier molecular flexibility index (Phi) is 4.16. The summed E-state index contributed by atoms with van der Waals surface area (Å²) in [5.74, 6) is 0.848. The van der Waals surface area contributed by atoms with Crippen molar-refractivity contribution >= 4 is 5.91 Å². The van der Waals surface area contributed by atoms with E-state index in [4.69, 9.17) is 0 Å². The zero-order valence-electron chi connectivity index (χ0n) is 13.3. The molecular formula is C17H23N3O. The van der Waals surface area contributed by atoms with Crippen molar-refractivity contribution in [1.82, 2.24) is 14.9 Å². The number of amides is 1. The van der Waals surface area contributed by atoms with Gasteiger partial charge >= 0.3 is 0 Å². The molecule has 0 radical (unpaired) electrons. The van der Waals surface area contributed by atoms with Crippen molar-refractivity contribution in [2.45, 2.75) is 33.7 Å². The van der Waals surface area contributed by atoms with Gasteiger partial charge in [-0.15, -0.1) is 0 Å². The minimum Gasteiger partial charge on any atom is -0.342 e. The van der Waals surface area contributed by atoms with Crippen LogP contribution in [0.25, 0.3) is 0 Å². The van der Waals surface area contributed by atoms with Gasteiger partial charge in [0.2, 0.25) is 5.91 Å². The first-order valence-corrected chi connectivity index (χ1v) is 7.14. The highest BCUT2D eigenvalue weighted by Gasteiger charge is 2.28. The van der Waals surface area contributed by atoms with Crippen LogP contribution >= 0.6 is 0 Å². The lowest BCUT2D eigenvalue weighted by molar-refractivity contribution is -0.129. The lowest BCUT2D eigenvalue weighted by atomic mass is 9.93. The van der Waals surface area contributed by atoms with E-state index in [1.807, 2.05) is 56.8 Å². The Bertz CT molecular complexity index is 637. The van der Waals surface area contributed by atoms with Gasteiger partial charge in [0.05, 0.1) is 0 Å². The Morgan fingerprint density at radius 1 is 1.29 bits per heavy atom. The van der Waals surface area contributed by atoms with Gasteiger partial charge in [-0.1, -0.05) is 45.0 Å². The van der Waals surface area contributed by atoms with Crippen molar-refractivity contribution in [2.75, 3.05) is 0 Å². The lowest BCUT2D eigenvalue weighted by Gasteiger charge is -2.25. The normalized spacial score (nSPS) is 13.0. The molecule has 1 amide bonds. The third kappa shape index (κ3) is 3.32. The van der Waals surface area contributed by atoms with Gasteiger partial charge in [-0.2, -0.15) is 0 Å². The molecule has 0 aliphatic heterocycles. The number of rotatable bonds is 3. The number of aromatic nitrogens is 2. The highest BCUT2D eigenvalue weighted by molar-refractivity contribution is 5.82. The maximum Gasteiger partial charge on any atom is 0.226 e. The molecule has 0 bridgehead atoms. The molecule has 0 saturated heterocycles. The van der Waals surface area contributed by atoms with Gasteiger partial charge in [0, 0.05) is 24.9 Å². The summed E-state index contributed by atoms with van der Waals surface area (Å²) in [4.78, 5) is 16.8. The summed E-state index contributed by atoms with van der Waals surface area (Å²) in [6, 6.07) is 7.84. The molecule has 0 aliphatic rings. The van der Waals surface area contributed by atoms with E-state index in [1.54, 1.807) is 6.20 Å². The molecule has 21 heavy (non-hydrogen) atoms. The van der Waals surface area contributed by atoms with E-state index < -0.39 is 5.41 Å². The Balaban J connectivity index is 2.44. The monoisotopic (exact) mass is 285 g/mol. The summed E-state index contributed by atoms with van der Waals surface area (Å²) in [6.45, 7) is 7.79. The third-order valence-electron chi connectivity index (χ3n) is 3.57. The molecule has 1 heterocycles. The van der Waals surface area contributed by atoms with E-state index in [0.29, 0.717) is 0 Å². The van der Waals surface area contributed by atoms with E-state index in [9.17, 15) is 4.79 Å². The average molecular weight is 285 g/mol. The van der Waals surface area contributed by atoms with Crippen molar-refractivity contribution < 1.29 is 4.79 Å². The van der Waals surface area contributed by atoms with Crippen LogP contribution in [0.5, 0.6) is 0 Å².